The van der Waals surface area contributed by atoms with Crippen LogP contribution in [-0.2, 0) is 6.54 Å². The number of nitrogens with zero attached hydrogens (tertiary/aromatic N) is 2. The molecule has 0 fully saturated rings. The standard InChI is InChI=1S/C21H16FN3O3/c1-27-20-16(3-2-10-23-20)21-25-17-11-14(6-9-18(17)28-21)19(26)24-12-13-4-7-15(22)8-5-13/h2-11H,12H2,1H3,(H,24,26). The van der Waals surface area contributed by atoms with Gasteiger partial charge < -0.3 is 14.5 Å². The lowest BCUT2D eigenvalue weighted by molar-refractivity contribution is 0.0951. The van der Waals surface area contributed by atoms with Crippen LogP contribution in [0.2, 0.25) is 0 Å². The minimum absolute atomic E-state index is 0.255. The van der Waals surface area contributed by atoms with Crippen LogP contribution in [0.3, 0.4) is 0 Å². The van der Waals surface area contributed by atoms with Gasteiger partial charge in [0.15, 0.2) is 5.58 Å². The molecule has 140 valence electrons. The topological polar surface area (TPSA) is 77.2 Å². The zero-order valence-corrected chi connectivity index (χ0v) is 15.0. The van der Waals surface area contributed by atoms with E-state index in [-0.39, 0.29) is 11.7 Å². The Hall–Kier alpha value is -3.74. The van der Waals surface area contributed by atoms with E-state index in [0.717, 1.165) is 5.56 Å². The van der Waals surface area contributed by atoms with Crippen LogP contribution in [0.25, 0.3) is 22.6 Å². The maximum absolute atomic E-state index is 13.0. The number of carbonyl (C=O) groups excluding carboxylic acids is 1. The summed E-state index contributed by atoms with van der Waals surface area (Å²) >= 11 is 0. The highest BCUT2D eigenvalue weighted by Crippen LogP contribution is 2.30. The average molecular weight is 377 g/mol. The van der Waals surface area contributed by atoms with Gasteiger partial charge in [0.1, 0.15) is 11.3 Å². The van der Waals surface area contributed by atoms with E-state index in [1.807, 2.05) is 0 Å². The second-order valence-electron chi connectivity index (χ2n) is 6.07. The number of rotatable bonds is 5. The Morgan fingerprint density at radius 3 is 2.79 bits per heavy atom. The molecule has 6 nitrogen and oxygen atoms in total. The molecule has 0 bridgehead atoms. The predicted octanol–water partition coefficient (Wildman–Crippen LogP) is 3.97. The molecular formula is C21H16FN3O3. The molecule has 0 spiro atoms. The number of oxazole rings is 1. The van der Waals surface area contributed by atoms with Crippen molar-refractivity contribution >= 4 is 17.0 Å². The van der Waals surface area contributed by atoms with Crippen molar-refractivity contribution in [2.24, 2.45) is 0 Å². The van der Waals surface area contributed by atoms with Crippen molar-refractivity contribution in [3.05, 3.63) is 77.7 Å². The lowest BCUT2D eigenvalue weighted by Gasteiger charge is -2.05. The molecule has 7 heteroatoms. The Balaban J connectivity index is 1.55. The average Bonchev–Trinajstić information content (AvgIpc) is 3.16. The summed E-state index contributed by atoms with van der Waals surface area (Å²) in [5, 5.41) is 2.81. The summed E-state index contributed by atoms with van der Waals surface area (Å²) in [6.07, 6.45) is 1.62. The minimum atomic E-state index is -0.312. The van der Waals surface area contributed by atoms with Crippen molar-refractivity contribution in [1.29, 1.82) is 0 Å². The molecule has 0 saturated carbocycles. The third-order valence-electron chi connectivity index (χ3n) is 4.21. The fourth-order valence-corrected chi connectivity index (χ4v) is 2.79. The molecule has 1 amide bonds. The van der Waals surface area contributed by atoms with Gasteiger partial charge in [0.2, 0.25) is 11.8 Å². The number of carbonyl (C=O) groups is 1. The lowest BCUT2D eigenvalue weighted by Crippen LogP contribution is -2.22. The van der Waals surface area contributed by atoms with E-state index < -0.39 is 0 Å². The molecule has 2 aromatic heterocycles. The van der Waals surface area contributed by atoms with Crippen molar-refractivity contribution < 1.29 is 18.3 Å². The number of amides is 1. The number of fused-ring (bicyclic) bond motifs is 1. The van der Waals surface area contributed by atoms with Crippen molar-refractivity contribution in [3.63, 3.8) is 0 Å². The lowest BCUT2D eigenvalue weighted by atomic mass is 10.1. The second kappa shape index (κ2) is 7.48. The Morgan fingerprint density at radius 1 is 1.18 bits per heavy atom. The summed E-state index contributed by atoms with van der Waals surface area (Å²) in [5.41, 5.74) is 2.99. The molecule has 4 aromatic rings. The van der Waals surface area contributed by atoms with Gasteiger partial charge in [-0.25, -0.2) is 14.4 Å². The van der Waals surface area contributed by atoms with E-state index >= 15 is 0 Å². The summed E-state index contributed by atoms with van der Waals surface area (Å²) in [6.45, 7) is 0.300. The van der Waals surface area contributed by atoms with Crippen LogP contribution in [0.1, 0.15) is 15.9 Å². The minimum Gasteiger partial charge on any atom is -0.480 e. The SMILES string of the molecule is COc1ncccc1-c1nc2cc(C(=O)NCc3ccc(F)cc3)ccc2o1. The van der Waals surface area contributed by atoms with Crippen molar-refractivity contribution in [1.82, 2.24) is 15.3 Å². The molecule has 2 heterocycles. The van der Waals surface area contributed by atoms with Gasteiger partial charge >= 0.3 is 0 Å². The number of methoxy groups -OCH3 is 1. The van der Waals surface area contributed by atoms with Gasteiger partial charge in [-0.15, -0.1) is 0 Å². The highest BCUT2D eigenvalue weighted by molar-refractivity contribution is 5.97. The smallest absolute Gasteiger partial charge is 0.251 e. The summed E-state index contributed by atoms with van der Waals surface area (Å²) in [6, 6.07) is 14.6. The maximum Gasteiger partial charge on any atom is 0.251 e. The number of hydrogen-bond acceptors (Lipinski definition) is 5. The van der Waals surface area contributed by atoms with Crippen LogP contribution < -0.4 is 10.1 Å². The maximum atomic E-state index is 13.0. The zero-order valence-electron chi connectivity index (χ0n) is 15.0. The number of ether oxygens (including phenoxy) is 1. The number of pyridine rings is 1. The van der Waals surface area contributed by atoms with Crippen molar-refractivity contribution in [3.8, 4) is 17.3 Å². The second-order valence-corrected chi connectivity index (χ2v) is 6.07. The Kier molecular flexibility index (Phi) is 4.72. The van der Waals surface area contributed by atoms with Gasteiger partial charge in [-0.2, -0.15) is 0 Å². The fourth-order valence-electron chi connectivity index (χ4n) is 2.79. The first kappa shape index (κ1) is 17.7. The van der Waals surface area contributed by atoms with Crippen LogP contribution in [0.4, 0.5) is 4.39 Å². The molecule has 0 saturated heterocycles. The third-order valence-corrected chi connectivity index (χ3v) is 4.21. The van der Waals surface area contributed by atoms with Crippen LogP contribution in [-0.4, -0.2) is 23.0 Å². The van der Waals surface area contributed by atoms with Gasteiger partial charge in [0, 0.05) is 18.3 Å². The first-order valence-corrected chi connectivity index (χ1v) is 8.56. The first-order chi connectivity index (χ1) is 13.6. The zero-order chi connectivity index (χ0) is 19.5. The monoisotopic (exact) mass is 377 g/mol. The van der Waals surface area contributed by atoms with E-state index in [4.69, 9.17) is 9.15 Å². The van der Waals surface area contributed by atoms with Gasteiger partial charge in [0.05, 0.1) is 12.7 Å². The van der Waals surface area contributed by atoms with Gasteiger partial charge in [-0.05, 0) is 48.0 Å². The Morgan fingerprint density at radius 2 is 2.00 bits per heavy atom. The van der Waals surface area contributed by atoms with Gasteiger partial charge in [0.25, 0.3) is 5.91 Å². The van der Waals surface area contributed by atoms with Gasteiger partial charge in [-0.1, -0.05) is 12.1 Å². The number of nitrogens with one attached hydrogen (secondary N) is 1. The number of benzene rings is 2. The molecule has 0 unspecified atom stereocenters. The van der Waals surface area contributed by atoms with E-state index in [0.29, 0.717) is 40.5 Å². The summed E-state index contributed by atoms with van der Waals surface area (Å²) in [5.74, 6) is 0.206. The fraction of sp³-hybridized carbons (Fsp3) is 0.0952. The molecule has 2 aromatic carbocycles. The molecule has 28 heavy (non-hydrogen) atoms. The van der Waals surface area contributed by atoms with Crippen LogP contribution in [0, 0.1) is 5.82 Å². The number of hydrogen-bond donors (Lipinski definition) is 1. The first-order valence-electron chi connectivity index (χ1n) is 8.56. The Labute approximate surface area is 160 Å². The van der Waals surface area contributed by atoms with Gasteiger partial charge in [-0.3, -0.25) is 4.79 Å². The Bertz CT molecular complexity index is 1140. The molecule has 0 aliphatic rings. The molecule has 0 aliphatic carbocycles. The van der Waals surface area contributed by atoms with Crippen molar-refractivity contribution in [2.75, 3.05) is 7.11 Å². The molecular weight excluding hydrogens is 361 g/mol. The van der Waals surface area contributed by atoms with Crippen LogP contribution in [0.15, 0.2) is 65.2 Å². The number of aromatic nitrogens is 2. The largest absolute Gasteiger partial charge is 0.480 e. The highest BCUT2D eigenvalue weighted by Gasteiger charge is 2.15. The molecule has 1 N–H and O–H groups in total. The van der Waals surface area contributed by atoms with Crippen LogP contribution in [0.5, 0.6) is 5.88 Å². The van der Waals surface area contributed by atoms with Crippen LogP contribution >= 0.6 is 0 Å². The van der Waals surface area contributed by atoms with E-state index in [1.54, 1.807) is 48.7 Å². The predicted molar refractivity (Wildman–Crippen MR) is 101 cm³/mol. The molecule has 4 rings (SSSR count). The molecule has 0 atom stereocenters. The molecule has 0 radical (unpaired) electrons. The quantitative estimate of drug-likeness (QED) is 0.569. The summed E-state index contributed by atoms with van der Waals surface area (Å²) in [7, 11) is 1.53. The highest BCUT2D eigenvalue weighted by atomic mass is 19.1. The van der Waals surface area contributed by atoms with E-state index in [2.05, 4.69) is 15.3 Å². The molecule has 0 aliphatic heterocycles. The third kappa shape index (κ3) is 3.55. The van der Waals surface area contributed by atoms with E-state index in [9.17, 15) is 9.18 Å². The normalized spacial score (nSPS) is 10.8. The number of halogens is 1. The summed E-state index contributed by atoms with van der Waals surface area (Å²) in [4.78, 5) is 21.0. The van der Waals surface area contributed by atoms with E-state index in [1.165, 1.54) is 19.2 Å². The van der Waals surface area contributed by atoms with Crippen molar-refractivity contribution in [2.45, 2.75) is 6.54 Å². The summed E-state index contributed by atoms with van der Waals surface area (Å²) < 4.78 is 24.0.